The maximum Gasteiger partial charge on any atom is 0.407 e. The molecule has 1 heterocycles. The summed E-state index contributed by atoms with van der Waals surface area (Å²) in [4.78, 5) is 11.6. The minimum atomic E-state index is -0.496. The predicted octanol–water partition coefficient (Wildman–Crippen LogP) is 1.90. The Kier molecular flexibility index (Phi) is 4.65. The number of hydrogen-bond donors (Lipinski definition) is 3. The van der Waals surface area contributed by atoms with Gasteiger partial charge in [0.1, 0.15) is 11.4 Å². The molecule has 3 N–H and O–H groups in total. The Balaban J connectivity index is 1.89. The molecule has 0 aliphatic carbocycles. The molecule has 7 heteroatoms. The van der Waals surface area contributed by atoms with Crippen LogP contribution in [-0.2, 0) is 11.3 Å². The first-order valence-corrected chi connectivity index (χ1v) is 7.04. The molecule has 22 heavy (non-hydrogen) atoms. The Hall–Kier alpha value is -2.57. The molecule has 1 aromatic rings. The van der Waals surface area contributed by atoms with Gasteiger partial charge >= 0.3 is 6.09 Å². The van der Waals surface area contributed by atoms with Crippen LogP contribution in [0.4, 0.5) is 4.79 Å². The second-order valence-corrected chi connectivity index (χ2v) is 5.93. The number of carbonyl (C=O) groups is 1. The Morgan fingerprint density at radius 3 is 2.41 bits per heavy atom. The summed E-state index contributed by atoms with van der Waals surface area (Å²) < 4.78 is 5.19. The SMILES string of the molecule is CC1=NNC(c2ccc(CNC(=O)OC(C)(C)C)cc2)=NN1. The summed E-state index contributed by atoms with van der Waals surface area (Å²) in [5.74, 6) is 1.36. The molecule has 0 spiro atoms. The van der Waals surface area contributed by atoms with Crippen molar-refractivity contribution in [1.82, 2.24) is 16.2 Å². The topological polar surface area (TPSA) is 87.1 Å². The van der Waals surface area contributed by atoms with Crippen molar-refractivity contribution in [1.29, 1.82) is 0 Å². The zero-order valence-electron chi connectivity index (χ0n) is 13.2. The van der Waals surface area contributed by atoms with Crippen LogP contribution in [0.25, 0.3) is 0 Å². The molecule has 7 nitrogen and oxygen atoms in total. The highest BCUT2D eigenvalue weighted by molar-refractivity contribution is 6.01. The average molecular weight is 303 g/mol. The van der Waals surface area contributed by atoms with Crippen molar-refractivity contribution in [3.05, 3.63) is 35.4 Å². The van der Waals surface area contributed by atoms with Crippen molar-refractivity contribution in [2.45, 2.75) is 39.8 Å². The molecule has 118 valence electrons. The normalized spacial score (nSPS) is 14.2. The Bertz CT molecular complexity index is 599. The maximum atomic E-state index is 11.6. The summed E-state index contributed by atoms with van der Waals surface area (Å²) >= 11 is 0. The summed E-state index contributed by atoms with van der Waals surface area (Å²) in [6.07, 6.45) is -0.427. The van der Waals surface area contributed by atoms with Crippen molar-refractivity contribution in [3.63, 3.8) is 0 Å². The number of amides is 1. The van der Waals surface area contributed by atoms with Crippen LogP contribution in [0.15, 0.2) is 34.5 Å². The molecule has 0 unspecified atom stereocenters. The molecular weight excluding hydrogens is 282 g/mol. The highest BCUT2D eigenvalue weighted by Gasteiger charge is 2.15. The van der Waals surface area contributed by atoms with E-state index in [9.17, 15) is 4.79 Å². The molecule has 1 aliphatic heterocycles. The van der Waals surface area contributed by atoms with Gasteiger partial charge in [-0.2, -0.15) is 10.2 Å². The van der Waals surface area contributed by atoms with Crippen LogP contribution in [0.2, 0.25) is 0 Å². The van der Waals surface area contributed by atoms with Crippen molar-refractivity contribution in [2.24, 2.45) is 10.2 Å². The van der Waals surface area contributed by atoms with E-state index < -0.39 is 11.7 Å². The number of ether oxygens (including phenoxy) is 1. The molecule has 1 aromatic carbocycles. The second-order valence-electron chi connectivity index (χ2n) is 5.93. The number of nitrogens with one attached hydrogen (secondary N) is 3. The lowest BCUT2D eigenvalue weighted by Gasteiger charge is -2.19. The van der Waals surface area contributed by atoms with Gasteiger partial charge in [0.05, 0.1) is 0 Å². The molecule has 2 rings (SSSR count). The van der Waals surface area contributed by atoms with E-state index in [1.54, 1.807) is 0 Å². The van der Waals surface area contributed by atoms with Gasteiger partial charge < -0.3 is 10.1 Å². The van der Waals surface area contributed by atoms with E-state index in [2.05, 4.69) is 26.4 Å². The number of carbonyl (C=O) groups excluding carboxylic acids is 1. The minimum absolute atomic E-state index is 0.407. The molecule has 1 amide bonds. The zero-order valence-corrected chi connectivity index (χ0v) is 13.2. The minimum Gasteiger partial charge on any atom is -0.444 e. The van der Waals surface area contributed by atoms with Gasteiger partial charge in [0.15, 0.2) is 5.84 Å². The highest BCUT2D eigenvalue weighted by Crippen LogP contribution is 2.08. The third-order valence-corrected chi connectivity index (χ3v) is 2.72. The lowest BCUT2D eigenvalue weighted by molar-refractivity contribution is 0.0523. The fourth-order valence-corrected chi connectivity index (χ4v) is 1.72. The number of rotatable bonds is 3. The Labute approximate surface area is 129 Å². The quantitative estimate of drug-likeness (QED) is 0.796. The summed E-state index contributed by atoms with van der Waals surface area (Å²) in [5, 5.41) is 10.9. The number of nitrogens with zero attached hydrogens (tertiary/aromatic N) is 2. The molecule has 0 saturated carbocycles. The Morgan fingerprint density at radius 1 is 1.18 bits per heavy atom. The van der Waals surface area contributed by atoms with Crippen molar-refractivity contribution >= 4 is 17.8 Å². The van der Waals surface area contributed by atoms with Crippen LogP contribution in [0.1, 0.15) is 38.8 Å². The van der Waals surface area contributed by atoms with E-state index in [1.807, 2.05) is 52.0 Å². The third-order valence-electron chi connectivity index (χ3n) is 2.72. The number of amidine groups is 2. The number of alkyl carbamates (subject to hydrolysis) is 1. The van der Waals surface area contributed by atoms with Crippen LogP contribution in [0, 0.1) is 0 Å². The second kappa shape index (κ2) is 6.46. The molecule has 0 atom stereocenters. The molecule has 0 radical (unpaired) electrons. The summed E-state index contributed by atoms with van der Waals surface area (Å²) in [5.41, 5.74) is 7.06. The summed E-state index contributed by atoms with van der Waals surface area (Å²) in [7, 11) is 0. The monoisotopic (exact) mass is 303 g/mol. The van der Waals surface area contributed by atoms with E-state index in [4.69, 9.17) is 4.74 Å². The van der Waals surface area contributed by atoms with Gasteiger partial charge in [-0.3, -0.25) is 10.9 Å². The van der Waals surface area contributed by atoms with Gasteiger partial charge in [-0.25, -0.2) is 4.79 Å². The highest BCUT2D eigenvalue weighted by atomic mass is 16.6. The fraction of sp³-hybridized carbons (Fsp3) is 0.400. The van der Waals surface area contributed by atoms with Gasteiger partial charge in [0.2, 0.25) is 0 Å². The van der Waals surface area contributed by atoms with Crippen LogP contribution in [0.3, 0.4) is 0 Å². The molecule has 1 aliphatic rings. The van der Waals surface area contributed by atoms with Gasteiger partial charge in [0, 0.05) is 12.1 Å². The standard InChI is InChI=1S/C15H21N5O2/c1-10-17-19-13(20-18-10)12-7-5-11(6-8-12)9-16-14(21)22-15(2,3)4/h5-8H,9H2,1-4H3,(H,16,21)(H,17,18)(H,19,20). The smallest absolute Gasteiger partial charge is 0.407 e. The van der Waals surface area contributed by atoms with Crippen molar-refractivity contribution in [3.8, 4) is 0 Å². The molecule has 0 saturated heterocycles. The molecule has 0 aromatic heterocycles. The zero-order chi connectivity index (χ0) is 16.2. The van der Waals surface area contributed by atoms with E-state index in [0.717, 1.165) is 11.1 Å². The lowest BCUT2D eigenvalue weighted by atomic mass is 10.1. The van der Waals surface area contributed by atoms with Gasteiger partial charge in [-0.1, -0.05) is 24.3 Å². The first-order chi connectivity index (χ1) is 10.3. The number of hydrogen-bond acceptors (Lipinski definition) is 6. The lowest BCUT2D eigenvalue weighted by Crippen LogP contribution is -2.32. The molecule has 0 fully saturated rings. The van der Waals surface area contributed by atoms with Crippen molar-refractivity contribution in [2.75, 3.05) is 0 Å². The van der Waals surface area contributed by atoms with E-state index in [0.29, 0.717) is 18.2 Å². The van der Waals surface area contributed by atoms with E-state index in [-0.39, 0.29) is 0 Å². The van der Waals surface area contributed by atoms with Gasteiger partial charge in [-0.05, 0) is 33.3 Å². The number of benzene rings is 1. The summed E-state index contributed by atoms with van der Waals surface area (Å²) in [6, 6.07) is 7.66. The third kappa shape index (κ3) is 4.76. The van der Waals surface area contributed by atoms with Crippen LogP contribution >= 0.6 is 0 Å². The fourth-order valence-electron chi connectivity index (χ4n) is 1.72. The van der Waals surface area contributed by atoms with E-state index in [1.165, 1.54) is 0 Å². The molecular formula is C15H21N5O2. The van der Waals surface area contributed by atoms with Crippen LogP contribution < -0.4 is 16.2 Å². The van der Waals surface area contributed by atoms with Crippen LogP contribution in [0.5, 0.6) is 0 Å². The van der Waals surface area contributed by atoms with E-state index >= 15 is 0 Å². The molecule has 0 bridgehead atoms. The van der Waals surface area contributed by atoms with Crippen molar-refractivity contribution < 1.29 is 9.53 Å². The summed E-state index contributed by atoms with van der Waals surface area (Å²) in [6.45, 7) is 7.72. The Morgan fingerprint density at radius 2 is 1.86 bits per heavy atom. The van der Waals surface area contributed by atoms with Gasteiger partial charge in [-0.15, -0.1) is 0 Å². The predicted molar refractivity (Wildman–Crippen MR) is 85.4 cm³/mol. The number of hydrazone groups is 2. The maximum absolute atomic E-state index is 11.6. The average Bonchev–Trinajstić information content (AvgIpc) is 2.45. The van der Waals surface area contributed by atoms with Crippen LogP contribution in [-0.4, -0.2) is 23.4 Å². The first kappa shape index (κ1) is 15.8. The largest absolute Gasteiger partial charge is 0.444 e. The first-order valence-electron chi connectivity index (χ1n) is 7.04. The van der Waals surface area contributed by atoms with Gasteiger partial charge in [0.25, 0.3) is 0 Å².